The van der Waals surface area contributed by atoms with Gasteiger partial charge in [-0.25, -0.2) is 4.68 Å². The quantitative estimate of drug-likeness (QED) is 0.520. The molecular formula is C22H20ClN5O. The predicted octanol–water partition coefficient (Wildman–Crippen LogP) is 4.77. The molecule has 1 N–H and O–H groups in total. The van der Waals surface area contributed by atoms with Gasteiger partial charge in [0.1, 0.15) is 6.67 Å². The highest BCUT2D eigenvalue weighted by molar-refractivity contribution is 6.31. The molecule has 0 unspecified atom stereocenters. The Kier molecular flexibility index (Phi) is 5.18. The highest BCUT2D eigenvalue weighted by atomic mass is 35.5. The molecule has 2 aromatic carbocycles. The van der Waals surface area contributed by atoms with Gasteiger partial charge in [-0.1, -0.05) is 54.1 Å². The highest BCUT2D eigenvalue weighted by Crippen LogP contribution is 2.21. The number of aryl methyl sites for hydroxylation is 1. The maximum absolute atomic E-state index is 12.5. The van der Waals surface area contributed by atoms with Gasteiger partial charge < -0.3 is 5.32 Å². The molecule has 6 nitrogen and oxygen atoms in total. The van der Waals surface area contributed by atoms with Crippen molar-refractivity contribution in [1.29, 1.82) is 0 Å². The van der Waals surface area contributed by atoms with Gasteiger partial charge in [-0.3, -0.25) is 9.48 Å². The monoisotopic (exact) mass is 405 g/mol. The fourth-order valence-electron chi connectivity index (χ4n) is 3.08. The predicted molar refractivity (Wildman–Crippen MR) is 114 cm³/mol. The zero-order valence-electron chi connectivity index (χ0n) is 16.1. The average molecular weight is 406 g/mol. The second-order valence-corrected chi connectivity index (χ2v) is 7.14. The Morgan fingerprint density at radius 2 is 1.66 bits per heavy atom. The third-order valence-electron chi connectivity index (χ3n) is 4.70. The van der Waals surface area contributed by atoms with Crippen LogP contribution in [0, 0.1) is 13.8 Å². The van der Waals surface area contributed by atoms with Crippen LogP contribution in [0.5, 0.6) is 0 Å². The molecular weight excluding hydrogens is 386 g/mol. The van der Waals surface area contributed by atoms with E-state index in [-0.39, 0.29) is 5.91 Å². The molecule has 1 amide bonds. The molecule has 0 saturated carbocycles. The minimum atomic E-state index is -0.261. The Morgan fingerprint density at radius 3 is 2.31 bits per heavy atom. The molecule has 0 aliphatic heterocycles. The van der Waals surface area contributed by atoms with Gasteiger partial charge in [0.15, 0.2) is 5.69 Å². The van der Waals surface area contributed by atoms with E-state index in [0.717, 1.165) is 28.2 Å². The zero-order chi connectivity index (χ0) is 20.4. The number of carbonyl (C=O) groups is 1. The third kappa shape index (κ3) is 4.07. The molecule has 0 radical (unpaired) electrons. The second-order valence-electron chi connectivity index (χ2n) is 6.76. The molecule has 2 heterocycles. The van der Waals surface area contributed by atoms with E-state index in [1.807, 2.05) is 56.3 Å². The molecule has 0 spiro atoms. The van der Waals surface area contributed by atoms with Crippen molar-refractivity contribution in [3.8, 4) is 11.1 Å². The molecule has 4 aromatic rings. The summed E-state index contributed by atoms with van der Waals surface area (Å²) in [7, 11) is 0. The molecule has 0 aliphatic rings. The molecule has 29 heavy (non-hydrogen) atoms. The molecule has 0 bridgehead atoms. The maximum Gasteiger partial charge on any atom is 0.276 e. The number of aromatic nitrogens is 4. The van der Waals surface area contributed by atoms with Crippen LogP contribution in [0.1, 0.15) is 21.9 Å². The van der Waals surface area contributed by atoms with Crippen LogP contribution in [-0.4, -0.2) is 25.5 Å². The molecule has 0 aliphatic carbocycles. The Bertz CT molecular complexity index is 1150. The van der Waals surface area contributed by atoms with Crippen molar-refractivity contribution in [3.63, 3.8) is 0 Å². The Morgan fingerprint density at radius 1 is 0.966 bits per heavy atom. The average Bonchev–Trinajstić information content (AvgIpc) is 3.30. The van der Waals surface area contributed by atoms with Crippen LogP contribution >= 0.6 is 11.6 Å². The SMILES string of the molecule is Cc1nn(Cn2ccc(C(=O)Nc3ccc(-c4ccccc4)cc3)n2)c(C)c1Cl. The van der Waals surface area contributed by atoms with Gasteiger partial charge in [0.2, 0.25) is 0 Å². The number of anilines is 1. The topological polar surface area (TPSA) is 64.7 Å². The molecule has 7 heteroatoms. The van der Waals surface area contributed by atoms with Crippen molar-refractivity contribution >= 4 is 23.2 Å². The van der Waals surface area contributed by atoms with Crippen molar-refractivity contribution in [2.45, 2.75) is 20.5 Å². The number of carbonyl (C=O) groups excluding carboxylic acids is 1. The lowest BCUT2D eigenvalue weighted by molar-refractivity contribution is 0.102. The Labute approximate surface area is 173 Å². The smallest absolute Gasteiger partial charge is 0.276 e. The van der Waals surface area contributed by atoms with Crippen LogP contribution < -0.4 is 5.32 Å². The zero-order valence-corrected chi connectivity index (χ0v) is 16.9. The summed E-state index contributed by atoms with van der Waals surface area (Å²) in [6.45, 7) is 4.15. The van der Waals surface area contributed by atoms with Crippen molar-refractivity contribution in [1.82, 2.24) is 19.6 Å². The molecule has 146 valence electrons. The first-order chi connectivity index (χ1) is 14.0. The third-order valence-corrected chi connectivity index (χ3v) is 5.24. The van der Waals surface area contributed by atoms with Crippen LogP contribution in [0.25, 0.3) is 11.1 Å². The normalized spacial score (nSPS) is 10.9. The maximum atomic E-state index is 12.5. The van der Waals surface area contributed by atoms with E-state index in [0.29, 0.717) is 17.4 Å². The summed E-state index contributed by atoms with van der Waals surface area (Å²) in [5.74, 6) is -0.261. The standard InChI is InChI=1S/C22H20ClN5O/c1-15-21(23)16(2)28(25-15)14-27-13-12-20(26-27)22(29)24-19-10-8-18(9-11-19)17-6-4-3-5-7-17/h3-13H,14H2,1-2H3,(H,24,29). The van der Waals surface area contributed by atoms with Crippen molar-refractivity contribution in [3.05, 3.63) is 89.0 Å². The fourth-order valence-corrected chi connectivity index (χ4v) is 3.22. The Balaban J connectivity index is 1.43. The number of rotatable bonds is 5. The molecule has 4 rings (SSSR count). The lowest BCUT2D eigenvalue weighted by Crippen LogP contribution is -2.15. The van der Waals surface area contributed by atoms with Gasteiger partial charge in [-0.15, -0.1) is 0 Å². The summed E-state index contributed by atoms with van der Waals surface area (Å²) in [5.41, 5.74) is 4.92. The first-order valence-corrected chi connectivity index (χ1v) is 9.59. The van der Waals surface area contributed by atoms with E-state index in [9.17, 15) is 4.79 Å². The lowest BCUT2D eigenvalue weighted by Gasteiger charge is -2.06. The second kappa shape index (κ2) is 7.93. The highest BCUT2D eigenvalue weighted by Gasteiger charge is 2.13. The molecule has 2 aromatic heterocycles. The van der Waals surface area contributed by atoms with E-state index >= 15 is 0 Å². The summed E-state index contributed by atoms with van der Waals surface area (Å²) in [6, 6.07) is 19.5. The summed E-state index contributed by atoms with van der Waals surface area (Å²) >= 11 is 6.18. The van der Waals surface area contributed by atoms with E-state index < -0.39 is 0 Å². The number of hydrogen-bond donors (Lipinski definition) is 1. The number of nitrogens with zero attached hydrogens (tertiary/aromatic N) is 4. The molecule has 0 atom stereocenters. The lowest BCUT2D eigenvalue weighted by atomic mass is 10.1. The van der Waals surface area contributed by atoms with Crippen molar-refractivity contribution < 1.29 is 4.79 Å². The number of hydrogen-bond acceptors (Lipinski definition) is 3. The van der Waals surface area contributed by atoms with Crippen LogP contribution in [-0.2, 0) is 6.67 Å². The fraction of sp³-hybridized carbons (Fsp3) is 0.136. The van der Waals surface area contributed by atoms with Crippen LogP contribution in [0.15, 0.2) is 66.9 Å². The van der Waals surface area contributed by atoms with Gasteiger partial charge in [0.25, 0.3) is 5.91 Å². The Hall–Kier alpha value is -3.38. The van der Waals surface area contributed by atoms with Gasteiger partial charge in [-0.05, 0) is 43.2 Å². The van der Waals surface area contributed by atoms with Gasteiger partial charge >= 0.3 is 0 Å². The van der Waals surface area contributed by atoms with Crippen LogP contribution in [0.2, 0.25) is 5.02 Å². The van der Waals surface area contributed by atoms with Crippen LogP contribution in [0.3, 0.4) is 0 Å². The van der Waals surface area contributed by atoms with E-state index in [2.05, 4.69) is 27.6 Å². The summed E-state index contributed by atoms with van der Waals surface area (Å²) in [4.78, 5) is 12.5. The van der Waals surface area contributed by atoms with E-state index in [4.69, 9.17) is 11.6 Å². The van der Waals surface area contributed by atoms with Crippen molar-refractivity contribution in [2.24, 2.45) is 0 Å². The summed E-state index contributed by atoms with van der Waals surface area (Å²) < 4.78 is 3.41. The molecule has 0 fully saturated rings. The first kappa shape index (κ1) is 19.0. The number of nitrogens with one attached hydrogen (secondary N) is 1. The minimum Gasteiger partial charge on any atom is -0.321 e. The van der Waals surface area contributed by atoms with Gasteiger partial charge in [-0.2, -0.15) is 10.2 Å². The minimum absolute atomic E-state index is 0.261. The summed E-state index contributed by atoms with van der Waals surface area (Å²) in [6.07, 6.45) is 1.75. The van der Waals surface area contributed by atoms with Gasteiger partial charge in [0.05, 0.1) is 16.4 Å². The van der Waals surface area contributed by atoms with Gasteiger partial charge in [0, 0.05) is 11.9 Å². The van der Waals surface area contributed by atoms with E-state index in [1.165, 1.54) is 0 Å². The molecule has 0 saturated heterocycles. The van der Waals surface area contributed by atoms with Crippen molar-refractivity contribution in [2.75, 3.05) is 5.32 Å². The van der Waals surface area contributed by atoms with E-state index in [1.54, 1.807) is 21.6 Å². The number of benzene rings is 2. The van der Waals surface area contributed by atoms with Crippen LogP contribution in [0.4, 0.5) is 5.69 Å². The largest absolute Gasteiger partial charge is 0.321 e. The summed E-state index contributed by atoms with van der Waals surface area (Å²) in [5, 5.41) is 12.3. The first-order valence-electron chi connectivity index (χ1n) is 9.21. The number of halogens is 1. The number of amides is 1.